The van der Waals surface area contributed by atoms with Crippen LogP contribution in [0.4, 0.5) is 14.5 Å². The normalized spacial score (nSPS) is 12.1. The molecule has 1 rings (SSSR count). The Morgan fingerprint density at radius 2 is 1.95 bits per heavy atom. The molecule has 0 saturated heterocycles. The Morgan fingerprint density at radius 3 is 2.45 bits per heavy atom. The third kappa shape index (κ3) is 4.45. The minimum atomic E-state index is -0.776. The van der Waals surface area contributed by atoms with Crippen molar-refractivity contribution < 1.29 is 18.3 Å². The predicted octanol–water partition coefficient (Wildman–Crippen LogP) is 2.41. The number of anilines is 1. The van der Waals surface area contributed by atoms with Crippen LogP contribution in [-0.2, 0) is 4.74 Å². The molecule has 1 aromatic carbocycles. The van der Waals surface area contributed by atoms with Crippen LogP contribution in [0.3, 0.4) is 0 Å². The molecular formula is C14H20F2N2O2. The molecule has 1 unspecified atom stereocenters. The zero-order valence-electron chi connectivity index (χ0n) is 11.9. The molecule has 4 nitrogen and oxygen atoms in total. The van der Waals surface area contributed by atoms with Crippen LogP contribution >= 0.6 is 0 Å². The molecule has 0 aliphatic heterocycles. The lowest BCUT2D eigenvalue weighted by Crippen LogP contribution is -2.30. The second-order valence-electron chi connectivity index (χ2n) is 4.62. The number of amides is 1. The van der Waals surface area contributed by atoms with Gasteiger partial charge < -0.3 is 15.4 Å². The summed E-state index contributed by atoms with van der Waals surface area (Å²) >= 11 is 0. The number of halogens is 2. The number of carbonyl (C=O) groups is 1. The summed E-state index contributed by atoms with van der Waals surface area (Å²) < 4.78 is 32.3. The summed E-state index contributed by atoms with van der Waals surface area (Å²) in [5, 5.41) is 5.20. The Bertz CT molecular complexity index is 443. The molecule has 1 aromatic rings. The Morgan fingerprint density at radius 1 is 1.35 bits per heavy atom. The first-order valence-corrected chi connectivity index (χ1v) is 6.49. The lowest BCUT2D eigenvalue weighted by Gasteiger charge is -2.12. The Hall–Kier alpha value is -1.69. The fourth-order valence-corrected chi connectivity index (χ4v) is 1.76. The molecule has 112 valence electrons. The highest BCUT2D eigenvalue weighted by atomic mass is 19.1. The Kier molecular flexibility index (Phi) is 6.38. The van der Waals surface area contributed by atoms with Gasteiger partial charge in [-0.05, 0) is 25.0 Å². The predicted molar refractivity (Wildman–Crippen MR) is 73.9 cm³/mol. The molecule has 0 aliphatic carbocycles. The highest BCUT2D eigenvalue weighted by molar-refractivity contribution is 5.94. The van der Waals surface area contributed by atoms with Gasteiger partial charge in [-0.2, -0.15) is 0 Å². The van der Waals surface area contributed by atoms with E-state index in [1.807, 2.05) is 6.92 Å². The number of hydrogen-bond acceptors (Lipinski definition) is 3. The number of nitrogens with one attached hydrogen (secondary N) is 2. The third-order valence-corrected chi connectivity index (χ3v) is 2.72. The standard InChI is InChI=1S/C14H20F2N2O2/c1-4-17-13-11(15)5-10(6-12(13)16)14(19)18-7-9(2)8-20-3/h5-6,9,17H,4,7-8H2,1-3H3,(H,18,19). The van der Waals surface area contributed by atoms with E-state index in [-0.39, 0.29) is 17.2 Å². The molecule has 6 heteroatoms. The average Bonchev–Trinajstić information content (AvgIpc) is 2.40. The lowest BCUT2D eigenvalue weighted by molar-refractivity contribution is 0.0933. The summed E-state index contributed by atoms with van der Waals surface area (Å²) in [6, 6.07) is 2.05. The van der Waals surface area contributed by atoms with Crippen molar-refractivity contribution >= 4 is 11.6 Å². The van der Waals surface area contributed by atoms with Gasteiger partial charge in [0.25, 0.3) is 5.91 Å². The van der Waals surface area contributed by atoms with Crippen LogP contribution < -0.4 is 10.6 Å². The molecule has 1 atom stereocenters. The van der Waals surface area contributed by atoms with Gasteiger partial charge in [0.05, 0.1) is 6.61 Å². The third-order valence-electron chi connectivity index (χ3n) is 2.72. The van der Waals surface area contributed by atoms with E-state index < -0.39 is 17.5 Å². The molecular weight excluding hydrogens is 266 g/mol. The first-order chi connectivity index (χ1) is 9.49. The van der Waals surface area contributed by atoms with E-state index in [0.717, 1.165) is 12.1 Å². The zero-order valence-corrected chi connectivity index (χ0v) is 11.9. The number of methoxy groups -OCH3 is 1. The van der Waals surface area contributed by atoms with Crippen molar-refractivity contribution in [3.63, 3.8) is 0 Å². The number of ether oxygens (including phenoxy) is 1. The van der Waals surface area contributed by atoms with Gasteiger partial charge >= 0.3 is 0 Å². The number of carbonyl (C=O) groups excluding carboxylic acids is 1. The minimum Gasteiger partial charge on any atom is -0.384 e. The van der Waals surface area contributed by atoms with Crippen molar-refractivity contribution in [2.45, 2.75) is 13.8 Å². The van der Waals surface area contributed by atoms with Crippen molar-refractivity contribution in [1.29, 1.82) is 0 Å². The topological polar surface area (TPSA) is 50.4 Å². The molecule has 0 bridgehead atoms. The van der Waals surface area contributed by atoms with Crippen LogP contribution in [0, 0.1) is 17.6 Å². The van der Waals surface area contributed by atoms with Crippen LogP contribution in [-0.4, -0.2) is 32.7 Å². The molecule has 0 aromatic heterocycles. The molecule has 0 saturated carbocycles. The second kappa shape index (κ2) is 7.79. The summed E-state index contributed by atoms with van der Waals surface area (Å²) in [6.07, 6.45) is 0. The molecule has 0 aliphatic rings. The maximum Gasteiger partial charge on any atom is 0.251 e. The van der Waals surface area contributed by atoms with Crippen molar-refractivity contribution in [3.05, 3.63) is 29.3 Å². The van der Waals surface area contributed by atoms with Crippen molar-refractivity contribution in [3.8, 4) is 0 Å². The second-order valence-corrected chi connectivity index (χ2v) is 4.62. The van der Waals surface area contributed by atoms with Crippen molar-refractivity contribution in [2.75, 3.05) is 32.1 Å². The summed E-state index contributed by atoms with van der Waals surface area (Å²) in [5.74, 6) is -1.93. The lowest BCUT2D eigenvalue weighted by atomic mass is 10.1. The monoisotopic (exact) mass is 286 g/mol. The minimum absolute atomic E-state index is 0.0359. The summed E-state index contributed by atoms with van der Waals surface area (Å²) in [5.41, 5.74) is -0.247. The van der Waals surface area contributed by atoms with Crippen LogP contribution in [0.2, 0.25) is 0 Å². The van der Waals surface area contributed by atoms with Crippen LogP contribution in [0.5, 0.6) is 0 Å². The molecule has 0 heterocycles. The first kappa shape index (κ1) is 16.4. The quantitative estimate of drug-likeness (QED) is 0.809. The summed E-state index contributed by atoms with van der Waals surface area (Å²) in [6.45, 7) is 4.91. The number of benzene rings is 1. The van der Waals surface area contributed by atoms with Crippen molar-refractivity contribution in [1.82, 2.24) is 5.32 Å². The SMILES string of the molecule is CCNc1c(F)cc(C(=O)NCC(C)COC)cc1F. The molecule has 20 heavy (non-hydrogen) atoms. The highest BCUT2D eigenvalue weighted by Crippen LogP contribution is 2.20. The molecule has 2 N–H and O–H groups in total. The molecule has 1 amide bonds. The van der Waals surface area contributed by atoms with E-state index in [0.29, 0.717) is 19.7 Å². The van der Waals surface area contributed by atoms with Gasteiger partial charge in [-0.15, -0.1) is 0 Å². The van der Waals surface area contributed by atoms with Gasteiger partial charge in [-0.3, -0.25) is 4.79 Å². The van der Waals surface area contributed by atoms with E-state index in [9.17, 15) is 13.6 Å². The van der Waals surface area contributed by atoms with Gasteiger partial charge in [0.1, 0.15) is 17.3 Å². The molecule has 0 fully saturated rings. The maximum absolute atomic E-state index is 13.7. The largest absolute Gasteiger partial charge is 0.384 e. The van der Waals surface area contributed by atoms with E-state index in [1.54, 1.807) is 14.0 Å². The fourth-order valence-electron chi connectivity index (χ4n) is 1.76. The highest BCUT2D eigenvalue weighted by Gasteiger charge is 2.15. The van der Waals surface area contributed by atoms with Gasteiger partial charge in [0.15, 0.2) is 0 Å². The smallest absolute Gasteiger partial charge is 0.251 e. The van der Waals surface area contributed by atoms with Gasteiger partial charge in [-0.1, -0.05) is 6.92 Å². The summed E-state index contributed by atoms with van der Waals surface area (Å²) in [7, 11) is 1.57. The van der Waals surface area contributed by atoms with E-state index >= 15 is 0 Å². The van der Waals surface area contributed by atoms with Gasteiger partial charge in [0, 0.05) is 25.8 Å². The summed E-state index contributed by atoms with van der Waals surface area (Å²) in [4.78, 5) is 11.8. The van der Waals surface area contributed by atoms with E-state index in [2.05, 4.69) is 10.6 Å². The van der Waals surface area contributed by atoms with E-state index in [4.69, 9.17) is 4.74 Å². The zero-order chi connectivity index (χ0) is 15.1. The van der Waals surface area contributed by atoms with Crippen LogP contribution in [0.25, 0.3) is 0 Å². The van der Waals surface area contributed by atoms with Crippen LogP contribution in [0.15, 0.2) is 12.1 Å². The maximum atomic E-state index is 13.7. The van der Waals surface area contributed by atoms with Crippen LogP contribution in [0.1, 0.15) is 24.2 Å². The van der Waals surface area contributed by atoms with Gasteiger partial charge in [-0.25, -0.2) is 8.78 Å². The Balaban J connectivity index is 2.74. The van der Waals surface area contributed by atoms with Gasteiger partial charge in [0.2, 0.25) is 0 Å². The fraction of sp³-hybridized carbons (Fsp3) is 0.500. The number of rotatable bonds is 7. The van der Waals surface area contributed by atoms with Crippen molar-refractivity contribution in [2.24, 2.45) is 5.92 Å². The average molecular weight is 286 g/mol. The first-order valence-electron chi connectivity index (χ1n) is 6.49. The number of hydrogen-bond donors (Lipinski definition) is 2. The molecule has 0 radical (unpaired) electrons. The van der Waals surface area contributed by atoms with E-state index in [1.165, 1.54) is 0 Å². The Labute approximate surface area is 117 Å². The molecule has 0 spiro atoms.